The van der Waals surface area contributed by atoms with E-state index in [1.807, 2.05) is 30.3 Å². The van der Waals surface area contributed by atoms with Gasteiger partial charge in [0, 0.05) is 37.1 Å². The molecule has 27 heavy (non-hydrogen) atoms. The number of nitrogens with zero attached hydrogens (tertiary/aromatic N) is 4. The summed E-state index contributed by atoms with van der Waals surface area (Å²) >= 11 is 0. The van der Waals surface area contributed by atoms with Crippen LogP contribution in [0.4, 0.5) is 0 Å². The maximum Gasteiger partial charge on any atom is 0.231 e. The van der Waals surface area contributed by atoms with Gasteiger partial charge >= 0.3 is 0 Å². The molecule has 1 aliphatic rings. The van der Waals surface area contributed by atoms with Crippen LogP contribution in [0, 0.1) is 0 Å². The van der Waals surface area contributed by atoms with Crippen molar-refractivity contribution in [3.63, 3.8) is 0 Å². The van der Waals surface area contributed by atoms with E-state index in [1.54, 1.807) is 26.6 Å². The molecule has 0 radical (unpaired) electrons. The number of likely N-dealkylation sites (tertiary alicyclic amines) is 1. The number of hydrogen-bond donors (Lipinski definition) is 0. The standard InChI is InChI=1S/C20H22N4O3/c1-25-17-9-14(10-18(11-17)26-2)12-24-8-5-16(13-24)20-22-19(23-27-20)15-3-6-21-7-4-15/h3-4,6-7,9-11,16H,5,8,12-13H2,1-2H3. The number of rotatable bonds is 6. The summed E-state index contributed by atoms with van der Waals surface area (Å²) in [4.78, 5) is 11.0. The van der Waals surface area contributed by atoms with Crippen LogP contribution in [-0.4, -0.2) is 47.3 Å². The van der Waals surface area contributed by atoms with Gasteiger partial charge in [0.1, 0.15) is 11.5 Å². The minimum Gasteiger partial charge on any atom is -0.497 e. The second-order valence-corrected chi connectivity index (χ2v) is 6.63. The summed E-state index contributed by atoms with van der Waals surface area (Å²) in [5.74, 6) is 3.18. The highest BCUT2D eigenvalue weighted by Gasteiger charge is 2.28. The Morgan fingerprint density at radius 3 is 2.56 bits per heavy atom. The normalized spacial score (nSPS) is 17.2. The second-order valence-electron chi connectivity index (χ2n) is 6.63. The van der Waals surface area contributed by atoms with Crippen LogP contribution in [-0.2, 0) is 6.54 Å². The lowest BCUT2D eigenvalue weighted by atomic mass is 10.1. The van der Waals surface area contributed by atoms with Crippen LogP contribution in [0.25, 0.3) is 11.4 Å². The lowest BCUT2D eigenvalue weighted by Gasteiger charge is -2.16. The second kappa shape index (κ2) is 7.75. The zero-order valence-electron chi connectivity index (χ0n) is 15.5. The Hall–Kier alpha value is -2.93. The molecule has 7 nitrogen and oxygen atoms in total. The number of methoxy groups -OCH3 is 2. The first-order chi connectivity index (χ1) is 13.2. The Morgan fingerprint density at radius 1 is 1.11 bits per heavy atom. The quantitative estimate of drug-likeness (QED) is 0.663. The molecule has 140 valence electrons. The van der Waals surface area contributed by atoms with Gasteiger partial charge in [0.05, 0.1) is 20.1 Å². The van der Waals surface area contributed by atoms with E-state index < -0.39 is 0 Å². The van der Waals surface area contributed by atoms with Gasteiger partial charge in [-0.15, -0.1) is 0 Å². The van der Waals surface area contributed by atoms with Gasteiger partial charge in [0.15, 0.2) is 0 Å². The van der Waals surface area contributed by atoms with Gasteiger partial charge < -0.3 is 14.0 Å². The summed E-state index contributed by atoms with van der Waals surface area (Å²) in [6.07, 6.45) is 4.45. The van der Waals surface area contributed by atoms with Crippen LogP contribution in [0.5, 0.6) is 11.5 Å². The van der Waals surface area contributed by atoms with Crippen molar-refractivity contribution in [2.45, 2.75) is 18.9 Å². The largest absolute Gasteiger partial charge is 0.497 e. The highest BCUT2D eigenvalue weighted by Crippen LogP contribution is 2.30. The molecule has 0 N–H and O–H groups in total. The van der Waals surface area contributed by atoms with Crippen LogP contribution in [0.3, 0.4) is 0 Å². The van der Waals surface area contributed by atoms with Gasteiger partial charge in [-0.2, -0.15) is 4.98 Å². The fourth-order valence-corrected chi connectivity index (χ4v) is 3.41. The number of pyridine rings is 1. The monoisotopic (exact) mass is 366 g/mol. The predicted octanol–water partition coefficient (Wildman–Crippen LogP) is 3.14. The van der Waals surface area contributed by atoms with Crippen molar-refractivity contribution in [3.8, 4) is 22.9 Å². The molecule has 3 aromatic rings. The van der Waals surface area contributed by atoms with E-state index >= 15 is 0 Å². The summed E-state index contributed by atoms with van der Waals surface area (Å²) < 4.78 is 16.2. The number of aromatic nitrogens is 3. The number of hydrogen-bond acceptors (Lipinski definition) is 7. The summed E-state index contributed by atoms with van der Waals surface area (Å²) in [6.45, 7) is 2.70. The smallest absolute Gasteiger partial charge is 0.231 e. The van der Waals surface area contributed by atoms with Gasteiger partial charge in [-0.3, -0.25) is 9.88 Å². The minimum atomic E-state index is 0.251. The van der Waals surface area contributed by atoms with E-state index in [0.717, 1.165) is 48.7 Å². The molecule has 0 aliphatic carbocycles. The summed E-state index contributed by atoms with van der Waals surface area (Å²) in [5.41, 5.74) is 2.08. The van der Waals surface area contributed by atoms with Crippen LogP contribution >= 0.6 is 0 Å². The van der Waals surface area contributed by atoms with Crippen molar-refractivity contribution >= 4 is 0 Å². The molecular formula is C20H22N4O3. The van der Waals surface area contributed by atoms with Gasteiger partial charge in [0.2, 0.25) is 11.7 Å². The average Bonchev–Trinajstić information content (AvgIpc) is 3.38. The lowest BCUT2D eigenvalue weighted by molar-refractivity contribution is 0.308. The third-order valence-electron chi connectivity index (χ3n) is 4.82. The molecule has 1 atom stereocenters. The highest BCUT2D eigenvalue weighted by atomic mass is 16.5. The molecule has 1 aliphatic heterocycles. The Balaban J connectivity index is 1.43. The molecule has 3 heterocycles. The SMILES string of the molecule is COc1cc(CN2CCC(c3nc(-c4ccncc4)no3)C2)cc(OC)c1. The first-order valence-corrected chi connectivity index (χ1v) is 8.93. The molecule has 0 spiro atoms. The molecule has 1 aromatic carbocycles. The molecule has 7 heteroatoms. The Labute approximate surface area is 157 Å². The zero-order chi connectivity index (χ0) is 18.6. The van der Waals surface area contributed by atoms with Crippen molar-refractivity contribution in [1.29, 1.82) is 0 Å². The molecule has 0 bridgehead atoms. The van der Waals surface area contributed by atoms with E-state index in [2.05, 4.69) is 20.0 Å². The van der Waals surface area contributed by atoms with E-state index in [0.29, 0.717) is 11.7 Å². The summed E-state index contributed by atoms with van der Waals surface area (Å²) in [5, 5.41) is 4.12. The van der Waals surface area contributed by atoms with E-state index in [1.165, 1.54) is 0 Å². The fraction of sp³-hybridized carbons (Fsp3) is 0.350. The predicted molar refractivity (Wildman–Crippen MR) is 99.7 cm³/mol. The van der Waals surface area contributed by atoms with Gasteiger partial charge in [-0.25, -0.2) is 0 Å². The fourth-order valence-electron chi connectivity index (χ4n) is 3.41. The molecule has 0 amide bonds. The Kier molecular flexibility index (Phi) is 5.02. The van der Waals surface area contributed by atoms with Crippen molar-refractivity contribution in [1.82, 2.24) is 20.0 Å². The van der Waals surface area contributed by atoms with Crippen LogP contribution in [0.1, 0.15) is 23.8 Å². The van der Waals surface area contributed by atoms with Crippen molar-refractivity contribution in [2.24, 2.45) is 0 Å². The molecule has 0 saturated carbocycles. The van der Waals surface area contributed by atoms with Gasteiger partial charge in [-0.1, -0.05) is 5.16 Å². The molecule has 1 saturated heterocycles. The van der Waals surface area contributed by atoms with Crippen LogP contribution < -0.4 is 9.47 Å². The third kappa shape index (κ3) is 3.93. The molecular weight excluding hydrogens is 344 g/mol. The first-order valence-electron chi connectivity index (χ1n) is 8.93. The van der Waals surface area contributed by atoms with E-state index in [4.69, 9.17) is 14.0 Å². The average molecular weight is 366 g/mol. The topological polar surface area (TPSA) is 73.5 Å². The van der Waals surface area contributed by atoms with Gasteiger partial charge in [0.25, 0.3) is 0 Å². The van der Waals surface area contributed by atoms with Crippen molar-refractivity contribution < 1.29 is 14.0 Å². The summed E-state index contributed by atoms with van der Waals surface area (Å²) in [6, 6.07) is 9.74. The number of benzene rings is 1. The highest BCUT2D eigenvalue weighted by molar-refractivity contribution is 5.52. The maximum absolute atomic E-state index is 5.53. The van der Waals surface area contributed by atoms with Crippen LogP contribution in [0.15, 0.2) is 47.2 Å². The first kappa shape index (κ1) is 17.5. The van der Waals surface area contributed by atoms with Gasteiger partial charge in [-0.05, 0) is 42.8 Å². The summed E-state index contributed by atoms with van der Waals surface area (Å²) in [7, 11) is 3.33. The molecule has 4 rings (SSSR count). The lowest BCUT2D eigenvalue weighted by Crippen LogP contribution is -2.19. The van der Waals surface area contributed by atoms with Crippen LogP contribution in [0.2, 0.25) is 0 Å². The third-order valence-corrected chi connectivity index (χ3v) is 4.82. The minimum absolute atomic E-state index is 0.251. The van der Waals surface area contributed by atoms with E-state index in [9.17, 15) is 0 Å². The van der Waals surface area contributed by atoms with Crippen molar-refractivity contribution in [3.05, 3.63) is 54.2 Å². The maximum atomic E-state index is 5.53. The molecule has 1 fully saturated rings. The number of ether oxygens (including phenoxy) is 2. The van der Waals surface area contributed by atoms with Crippen molar-refractivity contribution in [2.75, 3.05) is 27.3 Å². The van der Waals surface area contributed by atoms with E-state index in [-0.39, 0.29) is 5.92 Å². The zero-order valence-corrected chi connectivity index (χ0v) is 15.5. The molecule has 1 unspecified atom stereocenters. The molecule has 2 aromatic heterocycles. The Morgan fingerprint density at radius 2 is 1.85 bits per heavy atom. The Bertz CT molecular complexity index is 875.